The zero-order valence-corrected chi connectivity index (χ0v) is 24.5. The van der Waals surface area contributed by atoms with Gasteiger partial charge < -0.3 is 0 Å². The molecule has 3 aromatic rings. The zero-order valence-electron chi connectivity index (χ0n) is 22.9. The molecule has 36 heavy (non-hydrogen) atoms. The second-order valence-corrected chi connectivity index (χ2v) is 13.7. The molecule has 1 aliphatic carbocycles. The van der Waals surface area contributed by atoms with Gasteiger partial charge in [0.25, 0.3) is 0 Å². The van der Waals surface area contributed by atoms with E-state index in [1.165, 1.54) is 41.1 Å². The maximum absolute atomic E-state index is 7.25. The van der Waals surface area contributed by atoms with Crippen molar-refractivity contribution in [3.05, 3.63) is 116 Å². The van der Waals surface area contributed by atoms with E-state index in [0.717, 1.165) is 11.5 Å². The molecule has 0 saturated heterocycles. The van der Waals surface area contributed by atoms with E-state index in [1.807, 2.05) is 0 Å². The van der Waals surface area contributed by atoms with E-state index < -0.39 is 17.8 Å². The Kier molecular flexibility index (Phi) is 7.88. The molecule has 0 heterocycles. The Morgan fingerprint density at radius 2 is 1.28 bits per heavy atom. The van der Waals surface area contributed by atoms with Crippen molar-refractivity contribution >= 4 is 3.81 Å². The second kappa shape index (κ2) is 10.7. The quantitative estimate of drug-likeness (QED) is 0.307. The van der Waals surface area contributed by atoms with Crippen molar-refractivity contribution in [2.24, 2.45) is 5.92 Å². The fourth-order valence-corrected chi connectivity index (χ4v) is 9.33. The third-order valence-electron chi connectivity index (χ3n) is 7.44. The van der Waals surface area contributed by atoms with E-state index in [2.05, 4.69) is 127 Å². The molecule has 0 fully saturated rings. The monoisotopic (exact) mass is 514 g/mol. The number of allylic oxidation sites excluding steroid dienone is 4. The van der Waals surface area contributed by atoms with E-state index in [0.29, 0.717) is 5.92 Å². The number of hydrogen-bond acceptors (Lipinski definition) is 2. The average molecular weight is 515 g/mol. The summed E-state index contributed by atoms with van der Waals surface area (Å²) in [4.78, 5) is 0. The SMILES string of the molecule is COc1cc([O][Ti]([C]2=C(C)C(C)=C(C)C2C)=[C](c2ccccc2)c2ccccc2)cc(C(C)(C)C)c1. The molecule has 4 rings (SSSR count). The van der Waals surface area contributed by atoms with Crippen molar-refractivity contribution in [3.63, 3.8) is 0 Å². The minimum atomic E-state index is -2.57. The summed E-state index contributed by atoms with van der Waals surface area (Å²) in [5.41, 5.74) is 7.96. The minimum absolute atomic E-state index is 0.0111. The molecule has 0 radical (unpaired) electrons. The second-order valence-electron chi connectivity index (χ2n) is 10.8. The van der Waals surface area contributed by atoms with Gasteiger partial charge in [0, 0.05) is 0 Å². The standard InChI is InChI=1S/C13H10.C11H16O2.C9H13.Ti/c1-3-7-12(8-4-1)11-13-9-5-2-6-10-13;1-11(2,3)8-5-9(12)7-10(6-8)13-4;1-6-5-7(2)9(4)8(6)3;/h1-10H;5-7,12H,1-4H3;6H,1-4H3;/q;;;+1/p-1. The number of ether oxygens (including phenoxy) is 1. The van der Waals surface area contributed by atoms with E-state index in [9.17, 15) is 0 Å². The van der Waals surface area contributed by atoms with Gasteiger partial charge in [-0.2, -0.15) is 0 Å². The van der Waals surface area contributed by atoms with Crippen LogP contribution in [0.15, 0.2) is 99.5 Å². The normalized spacial score (nSPS) is 15.8. The van der Waals surface area contributed by atoms with Gasteiger partial charge in [0.2, 0.25) is 0 Å². The molecular formula is C33H38O2Ti. The van der Waals surface area contributed by atoms with Crippen LogP contribution in [0.4, 0.5) is 0 Å². The summed E-state index contributed by atoms with van der Waals surface area (Å²) in [5.74, 6) is 2.11. The Morgan fingerprint density at radius 3 is 1.72 bits per heavy atom. The fraction of sp³-hybridized carbons (Fsp3) is 0.303. The number of benzene rings is 3. The third kappa shape index (κ3) is 5.36. The first-order chi connectivity index (χ1) is 17.1. The van der Waals surface area contributed by atoms with Crippen LogP contribution in [0.2, 0.25) is 0 Å². The summed E-state index contributed by atoms with van der Waals surface area (Å²) in [6, 6.07) is 28.0. The number of rotatable bonds is 6. The van der Waals surface area contributed by atoms with Gasteiger partial charge in [-0.1, -0.05) is 0 Å². The molecule has 0 spiro atoms. The maximum atomic E-state index is 7.25. The van der Waals surface area contributed by atoms with Gasteiger partial charge in [-0.25, -0.2) is 0 Å². The third-order valence-corrected chi connectivity index (χ3v) is 11.8. The van der Waals surface area contributed by atoms with Crippen LogP contribution >= 0.6 is 0 Å². The van der Waals surface area contributed by atoms with Gasteiger partial charge in [0.15, 0.2) is 0 Å². The van der Waals surface area contributed by atoms with Crippen molar-refractivity contribution in [2.75, 3.05) is 7.11 Å². The summed E-state index contributed by atoms with van der Waals surface area (Å²) in [7, 11) is 1.73. The topological polar surface area (TPSA) is 18.5 Å². The molecule has 0 aliphatic heterocycles. The van der Waals surface area contributed by atoms with Gasteiger partial charge in [-0.05, 0) is 0 Å². The first-order valence-electron chi connectivity index (χ1n) is 12.7. The van der Waals surface area contributed by atoms with Crippen molar-refractivity contribution in [1.29, 1.82) is 0 Å². The Balaban J connectivity index is 2.03. The van der Waals surface area contributed by atoms with Crippen LogP contribution in [0, 0.1) is 5.92 Å². The molecule has 0 N–H and O–H groups in total. The molecule has 3 aromatic carbocycles. The van der Waals surface area contributed by atoms with Gasteiger partial charge in [0.1, 0.15) is 0 Å². The molecule has 1 aliphatic rings. The van der Waals surface area contributed by atoms with Crippen LogP contribution in [0.5, 0.6) is 11.5 Å². The van der Waals surface area contributed by atoms with E-state index in [1.54, 1.807) is 7.11 Å². The first kappa shape index (κ1) is 26.4. The summed E-state index contributed by atoms with van der Waals surface area (Å²) in [6.45, 7) is 15.9. The van der Waals surface area contributed by atoms with Crippen LogP contribution in [0.25, 0.3) is 0 Å². The summed E-state index contributed by atoms with van der Waals surface area (Å²) < 4.78 is 15.8. The van der Waals surface area contributed by atoms with Gasteiger partial charge in [-0.3, -0.25) is 0 Å². The molecule has 1 atom stereocenters. The van der Waals surface area contributed by atoms with Gasteiger partial charge in [0.05, 0.1) is 0 Å². The van der Waals surface area contributed by atoms with Crippen LogP contribution in [-0.4, -0.2) is 10.9 Å². The molecule has 1 unspecified atom stereocenters. The van der Waals surface area contributed by atoms with E-state index in [4.69, 9.17) is 8.06 Å². The van der Waals surface area contributed by atoms with Crippen molar-refractivity contribution in [3.8, 4) is 11.5 Å². The predicted molar refractivity (Wildman–Crippen MR) is 149 cm³/mol. The van der Waals surface area contributed by atoms with Crippen LogP contribution < -0.4 is 8.06 Å². The summed E-state index contributed by atoms with van der Waals surface area (Å²) >= 11 is -2.57. The molecule has 0 amide bonds. The Morgan fingerprint density at radius 1 is 0.750 bits per heavy atom. The first-order valence-corrected chi connectivity index (χ1v) is 14.9. The Hall–Kier alpha value is -2.68. The van der Waals surface area contributed by atoms with Gasteiger partial charge >= 0.3 is 224 Å². The van der Waals surface area contributed by atoms with Crippen LogP contribution in [0.1, 0.15) is 65.2 Å². The Labute approximate surface area is 223 Å². The molecular weight excluding hydrogens is 476 g/mol. The number of hydrogen-bond donors (Lipinski definition) is 0. The predicted octanol–water partition coefficient (Wildman–Crippen LogP) is 8.43. The van der Waals surface area contributed by atoms with Crippen molar-refractivity contribution < 1.29 is 25.9 Å². The molecule has 2 nitrogen and oxygen atoms in total. The van der Waals surface area contributed by atoms with E-state index in [-0.39, 0.29) is 5.41 Å². The summed E-state index contributed by atoms with van der Waals surface area (Å²) in [6.07, 6.45) is 0. The van der Waals surface area contributed by atoms with Gasteiger partial charge in [-0.15, -0.1) is 0 Å². The van der Waals surface area contributed by atoms with Crippen LogP contribution in [0.3, 0.4) is 0 Å². The van der Waals surface area contributed by atoms with Crippen molar-refractivity contribution in [2.45, 2.75) is 53.9 Å². The average Bonchev–Trinajstić information content (AvgIpc) is 3.06. The molecule has 0 saturated carbocycles. The molecule has 0 bridgehead atoms. The zero-order chi connectivity index (χ0) is 26.0. The number of methoxy groups -OCH3 is 1. The summed E-state index contributed by atoms with van der Waals surface area (Å²) in [5, 5.41) is 0. The van der Waals surface area contributed by atoms with E-state index >= 15 is 0 Å². The van der Waals surface area contributed by atoms with Crippen molar-refractivity contribution in [1.82, 2.24) is 0 Å². The molecule has 186 valence electrons. The molecule has 3 heteroatoms. The molecule has 0 aromatic heterocycles. The van der Waals surface area contributed by atoms with Crippen LogP contribution in [-0.2, 0) is 23.2 Å². The Bertz CT molecular complexity index is 1300. The fourth-order valence-electron chi connectivity index (χ4n) is 4.91.